The van der Waals surface area contributed by atoms with Gasteiger partial charge in [0.15, 0.2) is 0 Å². The minimum Gasteiger partial charge on any atom is -0.267 e. The van der Waals surface area contributed by atoms with Gasteiger partial charge in [0.2, 0.25) is 0 Å². The third-order valence-electron chi connectivity index (χ3n) is 8.61. The van der Waals surface area contributed by atoms with Gasteiger partial charge >= 0.3 is 194 Å². The fraction of sp³-hybridized carbons (Fsp3) is 0.270. The summed E-state index contributed by atoms with van der Waals surface area (Å²) in [6, 6.07) is 38.3. The number of fused-ring (bicyclic) bond motifs is 1. The van der Waals surface area contributed by atoms with Crippen molar-refractivity contribution in [2.45, 2.75) is 57.8 Å². The zero-order valence-corrected chi connectivity index (χ0v) is 26.2. The predicted octanol–water partition coefficient (Wildman–Crippen LogP) is 6.39. The Balaban J connectivity index is 1.07. The zero-order valence-electron chi connectivity index (χ0n) is 25.2. The summed E-state index contributed by atoms with van der Waals surface area (Å²) in [5.41, 5.74) is -0.442. The number of carbonyl (C=O) groups excluding carboxylic acids is 1. The van der Waals surface area contributed by atoms with Gasteiger partial charge in [0.05, 0.1) is 16.5 Å². The molecule has 228 valence electrons. The molecule has 0 unspecified atom stereocenters. The molecule has 4 aromatic carbocycles. The van der Waals surface area contributed by atoms with Gasteiger partial charge in [0.25, 0.3) is 11.1 Å². The van der Waals surface area contributed by atoms with E-state index in [-0.39, 0.29) is 22.2 Å². The summed E-state index contributed by atoms with van der Waals surface area (Å²) in [6.07, 6.45) is 10.5. The summed E-state index contributed by atoms with van der Waals surface area (Å²) >= 11 is 0. The van der Waals surface area contributed by atoms with E-state index in [1.54, 1.807) is 18.2 Å². The molecule has 0 fully saturated rings. The monoisotopic (exact) mass is 607 g/mol. The van der Waals surface area contributed by atoms with Crippen molar-refractivity contribution in [1.82, 2.24) is 10.2 Å². The van der Waals surface area contributed by atoms with Crippen molar-refractivity contribution in [2.75, 3.05) is 11.5 Å². The smallest absolute Gasteiger partial charge is 0.267 e. The molecule has 44 heavy (non-hydrogen) atoms. The number of hydrogen-bond donors (Lipinski definition) is 3. The van der Waals surface area contributed by atoms with Crippen LogP contribution in [0.4, 0.5) is 5.69 Å². The van der Waals surface area contributed by atoms with Gasteiger partial charge in [-0.25, -0.2) is 0 Å². The van der Waals surface area contributed by atoms with E-state index in [2.05, 4.69) is 107 Å². The van der Waals surface area contributed by atoms with Crippen LogP contribution in [0.1, 0.15) is 57.8 Å². The summed E-state index contributed by atoms with van der Waals surface area (Å²) in [4.78, 5) is 36.8. The third kappa shape index (κ3) is 7.43. The van der Waals surface area contributed by atoms with Gasteiger partial charge in [0, 0.05) is 0 Å². The number of carbonyl (C=O) groups is 1. The van der Waals surface area contributed by atoms with Crippen LogP contribution in [-0.4, -0.2) is 22.3 Å². The number of H-pyrrole nitrogens is 2. The molecule has 0 aliphatic carbocycles. The Hall–Kier alpha value is -4.28. The Morgan fingerprint density at radius 1 is 0.545 bits per heavy atom. The van der Waals surface area contributed by atoms with Gasteiger partial charge in [-0.1, -0.05) is 6.07 Å². The normalized spacial score (nSPS) is 11.8. The van der Waals surface area contributed by atoms with Gasteiger partial charge in [-0.3, -0.25) is 19.8 Å². The van der Waals surface area contributed by atoms with Gasteiger partial charge in [0.1, 0.15) is 0 Å². The summed E-state index contributed by atoms with van der Waals surface area (Å²) in [5.74, 6) is -0.139. The quantitative estimate of drug-likeness (QED) is 0.0951. The van der Waals surface area contributed by atoms with E-state index in [0.717, 1.165) is 19.3 Å². The Morgan fingerprint density at radius 3 is 1.57 bits per heavy atom. The molecule has 1 aromatic heterocycles. The molecule has 0 spiro atoms. The Kier molecular flexibility index (Phi) is 10.9. The number of nitrogens with one attached hydrogen (secondary N) is 3. The fourth-order valence-corrected chi connectivity index (χ4v) is 11.3. The van der Waals surface area contributed by atoms with Crippen molar-refractivity contribution < 1.29 is 4.79 Å². The van der Waals surface area contributed by atoms with Gasteiger partial charge < -0.3 is 0 Å². The second kappa shape index (κ2) is 15.4. The van der Waals surface area contributed by atoms with Crippen LogP contribution in [0, 0.1) is 0 Å². The first kappa shape index (κ1) is 31.2. The molecule has 5 aromatic rings. The van der Waals surface area contributed by atoms with Crippen molar-refractivity contribution in [1.29, 1.82) is 0 Å². The van der Waals surface area contributed by atoms with E-state index in [1.165, 1.54) is 54.2 Å². The summed E-state index contributed by atoms with van der Waals surface area (Å²) in [5, 5.41) is 12.4. The summed E-state index contributed by atoms with van der Waals surface area (Å²) < 4.78 is 0. The molecule has 1 amide bonds. The van der Waals surface area contributed by atoms with Crippen molar-refractivity contribution in [3.63, 3.8) is 0 Å². The van der Waals surface area contributed by atoms with Gasteiger partial charge in [-0.2, -0.15) is 0 Å². The second-order valence-corrected chi connectivity index (χ2v) is 15.6. The van der Waals surface area contributed by atoms with E-state index in [9.17, 15) is 14.4 Å². The summed E-state index contributed by atoms with van der Waals surface area (Å²) in [7, 11) is -2.14. The molecule has 6 nitrogen and oxygen atoms in total. The Labute approximate surface area is 259 Å². The van der Waals surface area contributed by atoms with Crippen LogP contribution in [0.5, 0.6) is 0 Å². The Bertz CT molecular complexity index is 1660. The number of benzene rings is 4. The van der Waals surface area contributed by atoms with Crippen molar-refractivity contribution in [3.8, 4) is 0 Å². The number of aromatic nitrogens is 2. The number of unbranched alkanes of at least 4 members (excludes halogenated alkanes) is 7. The third-order valence-corrected chi connectivity index (χ3v) is 13.7. The van der Waals surface area contributed by atoms with Gasteiger partial charge in [-0.15, -0.1) is 0 Å². The maximum atomic E-state index is 12.5. The fourth-order valence-electron chi connectivity index (χ4n) is 6.38. The molecular formula is C37H42N3O3P. The van der Waals surface area contributed by atoms with Crippen molar-refractivity contribution in [3.05, 3.63) is 130 Å². The first-order valence-corrected chi connectivity index (χ1v) is 18.0. The maximum absolute atomic E-state index is 12.5. The Morgan fingerprint density at radius 2 is 1.02 bits per heavy atom. The van der Waals surface area contributed by atoms with Crippen LogP contribution < -0.4 is 32.3 Å². The molecule has 3 N–H and O–H groups in total. The molecule has 0 saturated heterocycles. The average Bonchev–Trinajstić information content (AvgIpc) is 3.07. The van der Waals surface area contributed by atoms with E-state index in [1.807, 2.05) is 0 Å². The van der Waals surface area contributed by atoms with Crippen LogP contribution in [0.15, 0.2) is 119 Å². The first-order valence-electron chi connectivity index (χ1n) is 15.8. The SMILES string of the molecule is O=C(CCCCCCCCCC[PH](c1ccccc1)(c1ccccc1)c1ccccc1)Nc1cccc2c(=O)[nH][nH]c(=O)c12. The molecule has 0 radical (unpaired) electrons. The van der Waals surface area contributed by atoms with Gasteiger partial charge in [-0.05, 0) is 12.1 Å². The van der Waals surface area contributed by atoms with Crippen LogP contribution in [-0.2, 0) is 4.79 Å². The molecule has 0 atom stereocenters. The molecule has 1 heterocycles. The van der Waals surface area contributed by atoms with E-state index >= 15 is 0 Å². The summed E-state index contributed by atoms with van der Waals surface area (Å²) in [6.45, 7) is 0. The number of hydrogen-bond acceptors (Lipinski definition) is 3. The standard InChI is InChI=1S/C37H42N3O3P/c41-34(38-33-26-18-25-32-35(33)37(43)40-39-36(32)42)27-16-5-3-1-2-4-6-17-28-44(29-19-10-7-11-20-29,30-21-12-8-13-22-30)31-23-14-9-15-24-31/h7-15,18-26,44H,1-6,16-17,27-28H2,(H,38,41)(H,39,42)(H,40,43). The number of amides is 1. The van der Waals surface area contributed by atoms with E-state index in [0.29, 0.717) is 12.1 Å². The average molecular weight is 608 g/mol. The van der Waals surface area contributed by atoms with Crippen LogP contribution >= 0.6 is 7.26 Å². The van der Waals surface area contributed by atoms with E-state index in [4.69, 9.17) is 0 Å². The minimum atomic E-state index is -2.14. The molecule has 5 rings (SSSR count). The van der Waals surface area contributed by atoms with Crippen LogP contribution in [0.3, 0.4) is 0 Å². The minimum absolute atomic E-state index is 0.139. The predicted molar refractivity (Wildman–Crippen MR) is 187 cm³/mol. The van der Waals surface area contributed by atoms with Crippen molar-refractivity contribution >= 4 is 45.5 Å². The molecular weight excluding hydrogens is 565 g/mol. The molecule has 0 aliphatic rings. The van der Waals surface area contributed by atoms with E-state index < -0.39 is 12.8 Å². The first-order chi connectivity index (χ1) is 21.6. The number of anilines is 1. The second-order valence-electron chi connectivity index (χ2n) is 11.5. The number of aromatic amines is 2. The molecule has 0 saturated carbocycles. The zero-order chi connectivity index (χ0) is 30.6. The molecule has 7 heteroatoms. The van der Waals surface area contributed by atoms with Crippen LogP contribution in [0.25, 0.3) is 10.8 Å². The topological polar surface area (TPSA) is 94.8 Å². The molecule has 0 aliphatic heterocycles. The van der Waals surface area contributed by atoms with Crippen LogP contribution in [0.2, 0.25) is 0 Å². The number of rotatable bonds is 15. The van der Waals surface area contributed by atoms with Crippen molar-refractivity contribution in [2.24, 2.45) is 0 Å². The molecule has 0 bridgehead atoms.